The Hall–Kier alpha value is -4.33. The first-order valence-corrected chi connectivity index (χ1v) is 9.75. The van der Waals surface area contributed by atoms with Crippen molar-refractivity contribution in [3.63, 3.8) is 0 Å². The van der Waals surface area contributed by atoms with Gasteiger partial charge in [-0.05, 0) is 73.2 Å². The molecule has 3 aromatic carbocycles. The summed E-state index contributed by atoms with van der Waals surface area (Å²) in [6.07, 6.45) is 1.57. The molecule has 8 heteroatoms. The molecule has 0 heterocycles. The third-order valence-corrected chi connectivity index (χ3v) is 4.31. The maximum atomic E-state index is 12.5. The average molecular weight is 434 g/mol. The number of methoxy groups -OCH3 is 1. The summed E-state index contributed by atoms with van der Waals surface area (Å²) in [5.41, 5.74) is 4.73. The monoisotopic (exact) mass is 434 g/mol. The summed E-state index contributed by atoms with van der Waals surface area (Å²) >= 11 is 0. The summed E-state index contributed by atoms with van der Waals surface area (Å²) in [4.78, 5) is 23.4. The number of carbonyl (C=O) groups excluding carboxylic acids is 1. The number of nitrogens with one attached hydrogen (secondary N) is 1. The van der Waals surface area contributed by atoms with E-state index in [2.05, 4.69) is 10.5 Å². The molecule has 32 heavy (non-hydrogen) atoms. The summed E-state index contributed by atoms with van der Waals surface area (Å²) in [6, 6.07) is 18.0. The molecule has 0 fully saturated rings. The van der Waals surface area contributed by atoms with Crippen molar-refractivity contribution in [1.82, 2.24) is 0 Å². The second kappa shape index (κ2) is 10.6. The van der Waals surface area contributed by atoms with E-state index in [4.69, 9.17) is 19.3 Å². The number of carboxylic acid groups (broad SMARTS) is 1. The number of hydrogen-bond acceptors (Lipinski definition) is 7. The number of carboxylic acids is 1. The number of ether oxygens (including phenoxy) is 3. The first-order valence-electron chi connectivity index (χ1n) is 9.75. The Morgan fingerprint density at radius 1 is 1.00 bits per heavy atom. The Kier molecular flexibility index (Phi) is 7.42. The number of hydrogen-bond donors (Lipinski definition) is 2. The van der Waals surface area contributed by atoms with Crippen LogP contribution < -0.4 is 19.6 Å². The van der Waals surface area contributed by atoms with Gasteiger partial charge in [0.05, 0.1) is 36.7 Å². The fraction of sp³-hybridized carbons (Fsp3) is 0.125. The Labute approximate surface area is 185 Å². The van der Waals surface area contributed by atoms with Crippen molar-refractivity contribution >= 4 is 23.8 Å². The van der Waals surface area contributed by atoms with Crippen molar-refractivity contribution in [3.05, 3.63) is 83.4 Å². The van der Waals surface area contributed by atoms with Gasteiger partial charge in [-0.3, -0.25) is 5.43 Å². The van der Waals surface area contributed by atoms with Crippen molar-refractivity contribution in [1.29, 1.82) is 0 Å². The van der Waals surface area contributed by atoms with Crippen LogP contribution >= 0.6 is 0 Å². The zero-order valence-electron chi connectivity index (χ0n) is 17.6. The maximum Gasteiger partial charge on any atom is 0.343 e. The summed E-state index contributed by atoms with van der Waals surface area (Å²) < 4.78 is 16.3. The first-order chi connectivity index (χ1) is 15.5. The number of nitrogens with zero attached hydrogens (tertiary/aromatic N) is 1. The van der Waals surface area contributed by atoms with Crippen molar-refractivity contribution in [2.45, 2.75) is 6.92 Å². The lowest BCUT2D eigenvalue weighted by atomic mass is 10.2. The Morgan fingerprint density at radius 3 is 2.47 bits per heavy atom. The average Bonchev–Trinajstić information content (AvgIpc) is 2.81. The molecular formula is C24H22N2O6. The molecule has 0 saturated carbocycles. The Bertz CT molecular complexity index is 1130. The molecule has 0 aliphatic heterocycles. The molecule has 0 spiro atoms. The standard InChI is InChI=1S/C24H22N2O6/c1-3-31-22-13-16(15-25-26-19-10-8-17(9-11-19)23(27)28)7-12-21(22)32-24(29)18-5-4-6-20(14-18)30-2/h4-15,26H,3H2,1-2H3,(H,27,28). The molecule has 2 N–H and O–H groups in total. The lowest BCUT2D eigenvalue weighted by molar-refractivity contribution is 0.0694. The lowest BCUT2D eigenvalue weighted by Gasteiger charge is -2.11. The molecule has 0 unspecified atom stereocenters. The molecule has 0 amide bonds. The van der Waals surface area contributed by atoms with E-state index < -0.39 is 11.9 Å². The van der Waals surface area contributed by atoms with Gasteiger partial charge in [-0.2, -0.15) is 5.10 Å². The van der Waals surface area contributed by atoms with Gasteiger partial charge in [-0.15, -0.1) is 0 Å². The Morgan fingerprint density at radius 2 is 1.78 bits per heavy atom. The zero-order valence-corrected chi connectivity index (χ0v) is 17.6. The number of hydrazone groups is 1. The molecule has 0 aliphatic rings. The predicted molar refractivity (Wildman–Crippen MR) is 120 cm³/mol. The highest BCUT2D eigenvalue weighted by molar-refractivity contribution is 5.92. The zero-order chi connectivity index (χ0) is 22.9. The summed E-state index contributed by atoms with van der Waals surface area (Å²) in [5.74, 6) is -0.276. The van der Waals surface area contributed by atoms with Crippen molar-refractivity contribution < 1.29 is 28.9 Å². The fourth-order valence-corrected chi connectivity index (χ4v) is 2.74. The van der Waals surface area contributed by atoms with Crippen LogP contribution in [0, 0.1) is 0 Å². The second-order valence-corrected chi connectivity index (χ2v) is 6.51. The molecule has 0 bridgehead atoms. The van der Waals surface area contributed by atoms with Gasteiger partial charge in [0.1, 0.15) is 5.75 Å². The predicted octanol–water partition coefficient (Wildman–Crippen LogP) is 4.46. The van der Waals surface area contributed by atoms with Crippen LogP contribution in [-0.2, 0) is 0 Å². The summed E-state index contributed by atoms with van der Waals surface area (Å²) in [7, 11) is 1.53. The van der Waals surface area contributed by atoms with Gasteiger partial charge in [0, 0.05) is 0 Å². The van der Waals surface area contributed by atoms with E-state index in [1.54, 1.807) is 60.8 Å². The molecule has 0 aromatic heterocycles. The third-order valence-electron chi connectivity index (χ3n) is 4.31. The van der Waals surface area contributed by atoms with E-state index in [1.165, 1.54) is 19.2 Å². The highest BCUT2D eigenvalue weighted by Gasteiger charge is 2.14. The van der Waals surface area contributed by atoms with Crippen molar-refractivity contribution in [3.8, 4) is 17.2 Å². The van der Waals surface area contributed by atoms with E-state index >= 15 is 0 Å². The highest BCUT2D eigenvalue weighted by Crippen LogP contribution is 2.29. The van der Waals surface area contributed by atoms with Crippen molar-refractivity contribution in [2.24, 2.45) is 5.10 Å². The molecule has 0 aliphatic carbocycles. The largest absolute Gasteiger partial charge is 0.497 e. The number of rotatable bonds is 9. The van der Waals surface area contributed by atoms with Crippen LogP contribution in [0.15, 0.2) is 71.8 Å². The molecule has 8 nitrogen and oxygen atoms in total. The summed E-state index contributed by atoms with van der Waals surface area (Å²) in [5, 5.41) is 13.1. The SMILES string of the molecule is CCOc1cc(C=NNc2ccc(C(=O)O)cc2)ccc1OC(=O)c1cccc(OC)c1. The minimum absolute atomic E-state index is 0.194. The molecule has 0 atom stereocenters. The van der Waals surface area contributed by atoms with Crippen LogP contribution in [0.5, 0.6) is 17.2 Å². The first kappa shape index (κ1) is 22.4. The number of aromatic carboxylic acids is 1. The minimum Gasteiger partial charge on any atom is -0.497 e. The Balaban J connectivity index is 1.71. The normalized spacial score (nSPS) is 10.6. The molecule has 164 valence electrons. The molecular weight excluding hydrogens is 412 g/mol. The van der Waals surface area contributed by atoms with Gasteiger partial charge >= 0.3 is 11.9 Å². The van der Waals surface area contributed by atoms with Crippen LogP contribution in [0.4, 0.5) is 5.69 Å². The highest BCUT2D eigenvalue weighted by atomic mass is 16.6. The molecule has 0 radical (unpaired) electrons. The van der Waals surface area contributed by atoms with E-state index in [-0.39, 0.29) is 11.3 Å². The van der Waals surface area contributed by atoms with Crippen LogP contribution in [-0.4, -0.2) is 37.0 Å². The van der Waals surface area contributed by atoms with Crippen LogP contribution in [0.2, 0.25) is 0 Å². The smallest absolute Gasteiger partial charge is 0.343 e. The fourth-order valence-electron chi connectivity index (χ4n) is 2.74. The van der Waals surface area contributed by atoms with E-state index in [0.29, 0.717) is 34.9 Å². The number of carbonyl (C=O) groups is 2. The van der Waals surface area contributed by atoms with Crippen LogP contribution in [0.3, 0.4) is 0 Å². The van der Waals surface area contributed by atoms with Gasteiger partial charge in [0.15, 0.2) is 11.5 Å². The quantitative estimate of drug-likeness (QED) is 0.222. The van der Waals surface area contributed by atoms with E-state index in [9.17, 15) is 9.59 Å². The minimum atomic E-state index is -0.990. The number of benzene rings is 3. The van der Waals surface area contributed by atoms with Crippen LogP contribution in [0.25, 0.3) is 0 Å². The van der Waals surface area contributed by atoms with Gasteiger partial charge in [0.25, 0.3) is 0 Å². The van der Waals surface area contributed by atoms with Gasteiger partial charge in [-0.1, -0.05) is 6.07 Å². The van der Waals surface area contributed by atoms with E-state index in [0.717, 1.165) is 0 Å². The molecule has 0 saturated heterocycles. The molecule has 3 rings (SSSR count). The third kappa shape index (κ3) is 5.85. The van der Waals surface area contributed by atoms with Gasteiger partial charge in [-0.25, -0.2) is 9.59 Å². The van der Waals surface area contributed by atoms with E-state index in [1.807, 2.05) is 6.92 Å². The van der Waals surface area contributed by atoms with Gasteiger partial charge < -0.3 is 19.3 Å². The van der Waals surface area contributed by atoms with Gasteiger partial charge in [0.2, 0.25) is 0 Å². The maximum absolute atomic E-state index is 12.5. The lowest BCUT2D eigenvalue weighted by Crippen LogP contribution is -2.10. The van der Waals surface area contributed by atoms with Crippen molar-refractivity contribution in [2.75, 3.05) is 19.1 Å². The second-order valence-electron chi connectivity index (χ2n) is 6.51. The summed E-state index contributed by atoms with van der Waals surface area (Å²) in [6.45, 7) is 2.22. The number of esters is 1. The van der Waals surface area contributed by atoms with Crippen LogP contribution in [0.1, 0.15) is 33.2 Å². The topological polar surface area (TPSA) is 106 Å². The molecule has 3 aromatic rings. The number of anilines is 1.